The fraction of sp³-hybridized carbons (Fsp3) is 0.750. The zero-order valence-electron chi connectivity index (χ0n) is 10.7. The van der Waals surface area contributed by atoms with E-state index < -0.39 is 11.6 Å². The summed E-state index contributed by atoms with van der Waals surface area (Å²) in [4.78, 5) is 37.0. The van der Waals surface area contributed by atoms with Crippen LogP contribution in [-0.4, -0.2) is 54.0 Å². The van der Waals surface area contributed by atoms with E-state index in [1.54, 1.807) is 0 Å². The van der Waals surface area contributed by atoms with Gasteiger partial charge in [0.1, 0.15) is 12.1 Å². The van der Waals surface area contributed by atoms with E-state index >= 15 is 0 Å². The number of carbonyl (C=O) groups excluding carboxylic acids is 3. The van der Waals surface area contributed by atoms with Gasteiger partial charge in [-0.2, -0.15) is 0 Å². The fourth-order valence-electron chi connectivity index (χ4n) is 2.66. The van der Waals surface area contributed by atoms with Crippen molar-refractivity contribution >= 4 is 17.8 Å². The number of carbonyl (C=O) groups is 3. The molecule has 2 aliphatic heterocycles. The molecule has 3 rings (SSSR count). The summed E-state index contributed by atoms with van der Waals surface area (Å²) >= 11 is 0. The number of hydrogen-bond donors (Lipinski definition) is 3. The van der Waals surface area contributed by atoms with Crippen LogP contribution in [0.25, 0.3) is 0 Å². The molecule has 2 heterocycles. The summed E-state index contributed by atoms with van der Waals surface area (Å²) in [5.74, 6) is -0.539. The summed E-state index contributed by atoms with van der Waals surface area (Å²) in [6.07, 6.45) is 3.44. The summed E-state index contributed by atoms with van der Waals surface area (Å²) in [5.41, 5.74) is -0.838. The lowest BCUT2D eigenvalue weighted by Gasteiger charge is -2.31. The van der Waals surface area contributed by atoms with Gasteiger partial charge in [0.05, 0.1) is 0 Å². The molecule has 1 atom stereocenters. The number of hydrogen-bond acceptors (Lipinski definition) is 4. The van der Waals surface area contributed by atoms with Gasteiger partial charge in [-0.25, -0.2) is 4.79 Å². The maximum atomic E-state index is 12.4. The number of urea groups is 1. The Kier molecular flexibility index (Phi) is 2.93. The fourth-order valence-corrected chi connectivity index (χ4v) is 2.66. The maximum absolute atomic E-state index is 12.4. The van der Waals surface area contributed by atoms with Crippen LogP contribution in [-0.2, 0) is 9.59 Å². The van der Waals surface area contributed by atoms with Gasteiger partial charge < -0.3 is 16.0 Å². The van der Waals surface area contributed by atoms with E-state index in [4.69, 9.17) is 0 Å². The third-order valence-corrected chi connectivity index (χ3v) is 3.87. The van der Waals surface area contributed by atoms with Crippen molar-refractivity contribution < 1.29 is 14.4 Å². The van der Waals surface area contributed by atoms with Crippen molar-refractivity contribution in [3.05, 3.63) is 0 Å². The Labute approximate surface area is 111 Å². The lowest BCUT2D eigenvalue weighted by molar-refractivity contribution is -0.135. The molecule has 1 aliphatic carbocycles. The van der Waals surface area contributed by atoms with E-state index in [1.165, 1.54) is 0 Å². The zero-order chi connectivity index (χ0) is 13.5. The summed E-state index contributed by atoms with van der Waals surface area (Å²) in [7, 11) is 0. The first kappa shape index (κ1) is 12.4. The van der Waals surface area contributed by atoms with E-state index in [-0.39, 0.29) is 24.4 Å². The van der Waals surface area contributed by atoms with Crippen molar-refractivity contribution in [3.63, 3.8) is 0 Å². The molecule has 3 fully saturated rings. The molecule has 19 heavy (non-hydrogen) atoms. The molecule has 0 bridgehead atoms. The third-order valence-electron chi connectivity index (χ3n) is 3.87. The second kappa shape index (κ2) is 4.48. The van der Waals surface area contributed by atoms with Gasteiger partial charge in [-0.15, -0.1) is 0 Å². The number of nitrogens with one attached hydrogen (secondary N) is 3. The SMILES string of the molecule is O=C(CN1C(=O)NC2(CCCNC2)C1=O)NC1CC1. The largest absolute Gasteiger partial charge is 0.352 e. The normalized spacial score (nSPS) is 30.6. The Morgan fingerprint density at radius 2 is 2.21 bits per heavy atom. The van der Waals surface area contributed by atoms with Gasteiger partial charge in [0, 0.05) is 12.6 Å². The number of rotatable bonds is 3. The van der Waals surface area contributed by atoms with Crippen LogP contribution in [0.15, 0.2) is 0 Å². The van der Waals surface area contributed by atoms with Gasteiger partial charge in [-0.1, -0.05) is 0 Å². The Morgan fingerprint density at radius 3 is 2.84 bits per heavy atom. The number of piperidine rings is 1. The van der Waals surface area contributed by atoms with Crippen molar-refractivity contribution in [2.75, 3.05) is 19.6 Å². The van der Waals surface area contributed by atoms with Crippen LogP contribution in [0, 0.1) is 0 Å². The number of amides is 4. The summed E-state index contributed by atoms with van der Waals surface area (Å²) < 4.78 is 0. The quantitative estimate of drug-likeness (QED) is 0.568. The van der Waals surface area contributed by atoms with Gasteiger partial charge >= 0.3 is 6.03 Å². The molecule has 4 amide bonds. The van der Waals surface area contributed by atoms with Crippen LogP contribution in [0.2, 0.25) is 0 Å². The van der Waals surface area contributed by atoms with Crippen LogP contribution < -0.4 is 16.0 Å². The number of nitrogens with zero attached hydrogens (tertiary/aromatic N) is 1. The topological polar surface area (TPSA) is 90.5 Å². The van der Waals surface area contributed by atoms with E-state index in [0.29, 0.717) is 13.0 Å². The molecule has 0 aromatic carbocycles. The summed E-state index contributed by atoms with van der Waals surface area (Å²) in [6, 6.07) is -0.224. The molecule has 0 aromatic heterocycles. The second-order valence-electron chi connectivity index (χ2n) is 5.53. The van der Waals surface area contributed by atoms with Gasteiger partial charge in [0.15, 0.2) is 0 Å². The van der Waals surface area contributed by atoms with Crippen molar-refractivity contribution in [2.24, 2.45) is 0 Å². The molecule has 1 saturated carbocycles. The minimum atomic E-state index is -0.838. The van der Waals surface area contributed by atoms with E-state index in [0.717, 1.165) is 30.7 Å². The first-order chi connectivity index (χ1) is 9.11. The smallest absolute Gasteiger partial charge is 0.325 e. The zero-order valence-corrected chi connectivity index (χ0v) is 10.7. The van der Waals surface area contributed by atoms with Crippen LogP contribution in [0.1, 0.15) is 25.7 Å². The third kappa shape index (κ3) is 2.30. The minimum absolute atomic E-state index is 0.178. The molecule has 1 spiro atoms. The maximum Gasteiger partial charge on any atom is 0.325 e. The highest BCUT2D eigenvalue weighted by Gasteiger charge is 2.51. The lowest BCUT2D eigenvalue weighted by atomic mass is 9.90. The van der Waals surface area contributed by atoms with Gasteiger partial charge in [0.25, 0.3) is 5.91 Å². The highest BCUT2D eigenvalue weighted by atomic mass is 16.2. The molecule has 0 aromatic rings. The summed E-state index contributed by atoms with van der Waals surface area (Å²) in [6.45, 7) is 1.12. The molecule has 3 N–H and O–H groups in total. The predicted octanol–water partition coefficient (Wildman–Crippen LogP) is -1.06. The molecule has 3 aliphatic rings. The van der Waals surface area contributed by atoms with E-state index in [1.807, 2.05) is 0 Å². The molecule has 2 saturated heterocycles. The van der Waals surface area contributed by atoms with E-state index in [2.05, 4.69) is 16.0 Å². The standard InChI is InChI=1S/C12H18N4O3/c17-9(14-8-2-3-8)6-16-10(18)12(15-11(16)19)4-1-5-13-7-12/h8,13H,1-7H2,(H,14,17)(H,15,19). The number of imide groups is 1. The van der Waals surface area contributed by atoms with Crippen molar-refractivity contribution in [2.45, 2.75) is 37.3 Å². The minimum Gasteiger partial charge on any atom is -0.352 e. The molecule has 104 valence electrons. The monoisotopic (exact) mass is 266 g/mol. The Hall–Kier alpha value is -1.63. The van der Waals surface area contributed by atoms with Gasteiger partial charge in [-0.05, 0) is 32.2 Å². The predicted molar refractivity (Wildman–Crippen MR) is 66.2 cm³/mol. The molecule has 7 nitrogen and oxygen atoms in total. The van der Waals surface area contributed by atoms with Crippen molar-refractivity contribution in [3.8, 4) is 0 Å². The Balaban J connectivity index is 1.66. The van der Waals surface area contributed by atoms with E-state index in [9.17, 15) is 14.4 Å². The summed E-state index contributed by atoms with van der Waals surface area (Å²) in [5, 5.41) is 8.64. The molecule has 0 radical (unpaired) electrons. The molecular formula is C12H18N4O3. The second-order valence-corrected chi connectivity index (χ2v) is 5.53. The Morgan fingerprint density at radius 1 is 1.42 bits per heavy atom. The van der Waals surface area contributed by atoms with Crippen molar-refractivity contribution in [1.82, 2.24) is 20.9 Å². The highest BCUT2D eigenvalue weighted by molar-refractivity contribution is 6.09. The van der Waals surface area contributed by atoms with Crippen LogP contribution in [0.5, 0.6) is 0 Å². The first-order valence-corrected chi connectivity index (χ1v) is 6.75. The molecular weight excluding hydrogens is 248 g/mol. The van der Waals surface area contributed by atoms with Crippen LogP contribution >= 0.6 is 0 Å². The van der Waals surface area contributed by atoms with Gasteiger partial charge in [-0.3, -0.25) is 14.5 Å². The van der Waals surface area contributed by atoms with Gasteiger partial charge in [0.2, 0.25) is 5.91 Å². The average molecular weight is 266 g/mol. The first-order valence-electron chi connectivity index (χ1n) is 6.75. The van der Waals surface area contributed by atoms with Crippen LogP contribution in [0.3, 0.4) is 0 Å². The lowest BCUT2D eigenvalue weighted by Crippen LogP contribution is -2.57. The average Bonchev–Trinajstić information content (AvgIpc) is 3.16. The molecule has 1 unspecified atom stereocenters. The Bertz CT molecular complexity index is 427. The van der Waals surface area contributed by atoms with Crippen LogP contribution in [0.4, 0.5) is 4.79 Å². The van der Waals surface area contributed by atoms with Crippen molar-refractivity contribution in [1.29, 1.82) is 0 Å². The molecule has 7 heteroatoms. The highest BCUT2D eigenvalue weighted by Crippen LogP contribution is 2.25.